The molecular formula is C8H8BrClN2O. The lowest BCUT2D eigenvalue weighted by atomic mass is 10.1. The van der Waals surface area contributed by atoms with Gasteiger partial charge in [0.05, 0.1) is 5.02 Å². The molecular weight excluding hydrogens is 255 g/mol. The zero-order chi connectivity index (χ0) is 10.0. The van der Waals surface area contributed by atoms with Crippen molar-refractivity contribution in [3.8, 4) is 0 Å². The molecule has 0 unspecified atom stereocenters. The largest absolute Gasteiger partial charge is 0.506 e. The van der Waals surface area contributed by atoms with E-state index in [0.29, 0.717) is 20.7 Å². The summed E-state index contributed by atoms with van der Waals surface area (Å²) in [6.45, 7) is 0. The second-order valence-electron chi connectivity index (χ2n) is 2.41. The van der Waals surface area contributed by atoms with E-state index in [1.54, 1.807) is 12.1 Å². The second kappa shape index (κ2) is 3.89. The minimum Gasteiger partial charge on any atom is -0.506 e. The maximum atomic E-state index is 9.31. The number of halogens is 2. The maximum Gasteiger partial charge on any atom is 0.140 e. The van der Waals surface area contributed by atoms with E-state index in [4.69, 9.17) is 23.1 Å². The summed E-state index contributed by atoms with van der Waals surface area (Å²) in [6, 6.07) is 3.15. The Bertz CT molecular complexity index is 365. The zero-order valence-corrected chi connectivity index (χ0v) is 8.93. The van der Waals surface area contributed by atoms with Gasteiger partial charge < -0.3 is 16.6 Å². The van der Waals surface area contributed by atoms with Crippen LogP contribution in [-0.4, -0.2) is 5.11 Å². The van der Waals surface area contributed by atoms with Crippen LogP contribution in [0.1, 0.15) is 5.56 Å². The van der Waals surface area contributed by atoms with Crippen molar-refractivity contribution in [3.05, 3.63) is 33.4 Å². The Labute approximate surface area is 89.1 Å². The highest BCUT2D eigenvalue weighted by molar-refractivity contribution is 9.10. The third kappa shape index (κ3) is 2.08. The summed E-state index contributed by atoms with van der Waals surface area (Å²) in [5.41, 5.74) is 11.6. The van der Waals surface area contributed by atoms with Gasteiger partial charge in [-0.05, 0) is 28.1 Å². The minimum atomic E-state index is -0.0908. The van der Waals surface area contributed by atoms with Crippen molar-refractivity contribution in [3.63, 3.8) is 0 Å². The van der Waals surface area contributed by atoms with E-state index in [-0.39, 0.29) is 5.76 Å². The topological polar surface area (TPSA) is 72.3 Å². The highest BCUT2D eigenvalue weighted by Gasteiger charge is 2.07. The first kappa shape index (κ1) is 10.2. The summed E-state index contributed by atoms with van der Waals surface area (Å²) >= 11 is 9.01. The fourth-order valence-electron chi connectivity index (χ4n) is 0.874. The van der Waals surface area contributed by atoms with Crippen LogP contribution in [0.5, 0.6) is 0 Å². The molecule has 1 aromatic carbocycles. The lowest BCUT2D eigenvalue weighted by Crippen LogP contribution is -1.96. The molecule has 5 heteroatoms. The predicted molar refractivity (Wildman–Crippen MR) is 58.4 cm³/mol. The molecule has 1 rings (SSSR count). The Balaban J connectivity index is 3.32. The number of aliphatic hydroxyl groups excluding tert-OH is 1. The monoisotopic (exact) mass is 262 g/mol. The molecule has 0 spiro atoms. The lowest BCUT2D eigenvalue weighted by molar-refractivity contribution is 0.511. The number of benzene rings is 1. The van der Waals surface area contributed by atoms with Crippen molar-refractivity contribution in [1.82, 2.24) is 0 Å². The molecule has 0 bridgehead atoms. The van der Waals surface area contributed by atoms with Crippen LogP contribution < -0.4 is 11.5 Å². The standard InChI is InChI=1S/C8H8BrClN2O/c9-5-2-7(12)4(1-6(5)10)8(13)3-11/h1-3,13H,11-12H2/b8-3+. The van der Waals surface area contributed by atoms with Crippen molar-refractivity contribution >= 4 is 39.0 Å². The first-order valence-electron chi connectivity index (χ1n) is 3.42. The van der Waals surface area contributed by atoms with Crippen LogP contribution in [0, 0.1) is 0 Å². The molecule has 0 amide bonds. The molecule has 70 valence electrons. The van der Waals surface area contributed by atoms with Crippen molar-refractivity contribution in [2.75, 3.05) is 5.73 Å². The predicted octanol–water partition coefficient (Wildman–Crippen LogP) is 2.50. The summed E-state index contributed by atoms with van der Waals surface area (Å²) in [5.74, 6) is -0.0908. The van der Waals surface area contributed by atoms with Gasteiger partial charge in [-0.2, -0.15) is 0 Å². The normalized spacial score (nSPS) is 11.7. The Morgan fingerprint density at radius 1 is 1.54 bits per heavy atom. The molecule has 0 aliphatic heterocycles. The Kier molecular flexibility index (Phi) is 3.06. The molecule has 1 aromatic rings. The van der Waals surface area contributed by atoms with Crippen LogP contribution in [0.4, 0.5) is 5.69 Å². The Hall–Kier alpha value is -0.870. The summed E-state index contributed by atoms with van der Waals surface area (Å²) in [7, 11) is 0. The Morgan fingerprint density at radius 3 is 2.69 bits per heavy atom. The van der Waals surface area contributed by atoms with Gasteiger partial charge in [0, 0.05) is 21.9 Å². The number of nitrogens with two attached hydrogens (primary N) is 2. The SMILES string of the molecule is N/C=C(/O)c1cc(Cl)c(Br)cc1N. The fraction of sp³-hybridized carbons (Fsp3) is 0. The summed E-state index contributed by atoms with van der Waals surface area (Å²) in [5, 5.41) is 9.78. The average Bonchev–Trinajstić information content (AvgIpc) is 2.10. The van der Waals surface area contributed by atoms with Gasteiger partial charge in [0.1, 0.15) is 5.76 Å². The van der Waals surface area contributed by atoms with Crippen LogP contribution in [0.3, 0.4) is 0 Å². The number of hydrogen-bond acceptors (Lipinski definition) is 3. The fourth-order valence-corrected chi connectivity index (χ4v) is 1.40. The number of nitrogen functional groups attached to an aromatic ring is 1. The van der Waals surface area contributed by atoms with E-state index in [1.807, 2.05) is 0 Å². The first-order valence-corrected chi connectivity index (χ1v) is 4.59. The van der Waals surface area contributed by atoms with E-state index >= 15 is 0 Å². The summed E-state index contributed by atoms with van der Waals surface area (Å²) in [6.07, 6.45) is 1.07. The molecule has 0 atom stereocenters. The number of aliphatic hydroxyl groups is 1. The average molecular weight is 264 g/mol. The van der Waals surface area contributed by atoms with Crippen LogP contribution in [0.2, 0.25) is 5.02 Å². The van der Waals surface area contributed by atoms with Gasteiger partial charge in [0.15, 0.2) is 0 Å². The summed E-state index contributed by atoms with van der Waals surface area (Å²) in [4.78, 5) is 0. The number of hydrogen-bond donors (Lipinski definition) is 3. The van der Waals surface area contributed by atoms with Gasteiger partial charge in [0.25, 0.3) is 0 Å². The molecule has 0 radical (unpaired) electrons. The lowest BCUT2D eigenvalue weighted by Gasteiger charge is -2.06. The van der Waals surface area contributed by atoms with Crippen molar-refractivity contribution in [1.29, 1.82) is 0 Å². The molecule has 13 heavy (non-hydrogen) atoms. The molecule has 0 saturated carbocycles. The van der Waals surface area contributed by atoms with Crippen molar-refractivity contribution in [2.45, 2.75) is 0 Å². The van der Waals surface area contributed by atoms with Gasteiger partial charge in [-0.25, -0.2) is 0 Å². The third-order valence-corrected chi connectivity index (χ3v) is 2.72. The molecule has 3 nitrogen and oxygen atoms in total. The molecule has 0 heterocycles. The van der Waals surface area contributed by atoms with Gasteiger partial charge in [0.2, 0.25) is 0 Å². The van der Waals surface area contributed by atoms with Crippen molar-refractivity contribution < 1.29 is 5.11 Å². The van der Waals surface area contributed by atoms with Crippen LogP contribution in [-0.2, 0) is 0 Å². The van der Waals surface area contributed by atoms with Crippen molar-refractivity contribution in [2.24, 2.45) is 5.73 Å². The van der Waals surface area contributed by atoms with Crippen LogP contribution >= 0.6 is 27.5 Å². The molecule has 0 fully saturated rings. The highest BCUT2D eigenvalue weighted by Crippen LogP contribution is 2.30. The molecule has 0 aliphatic rings. The third-order valence-electron chi connectivity index (χ3n) is 1.53. The first-order chi connectivity index (χ1) is 6.06. The van der Waals surface area contributed by atoms with E-state index in [9.17, 15) is 5.11 Å². The maximum absolute atomic E-state index is 9.31. The zero-order valence-electron chi connectivity index (χ0n) is 6.59. The Morgan fingerprint density at radius 2 is 2.15 bits per heavy atom. The second-order valence-corrected chi connectivity index (χ2v) is 3.67. The van der Waals surface area contributed by atoms with Gasteiger partial charge >= 0.3 is 0 Å². The number of anilines is 1. The molecule has 0 aliphatic carbocycles. The van der Waals surface area contributed by atoms with Gasteiger partial charge in [-0.1, -0.05) is 11.6 Å². The van der Waals surface area contributed by atoms with Gasteiger partial charge in [-0.15, -0.1) is 0 Å². The quantitative estimate of drug-likeness (QED) is 0.538. The van der Waals surface area contributed by atoms with Gasteiger partial charge in [-0.3, -0.25) is 0 Å². The minimum absolute atomic E-state index is 0.0908. The molecule has 5 N–H and O–H groups in total. The molecule has 0 saturated heterocycles. The highest BCUT2D eigenvalue weighted by atomic mass is 79.9. The smallest absolute Gasteiger partial charge is 0.140 e. The van der Waals surface area contributed by atoms with E-state index < -0.39 is 0 Å². The van der Waals surface area contributed by atoms with Crippen LogP contribution in [0.25, 0.3) is 5.76 Å². The summed E-state index contributed by atoms with van der Waals surface area (Å²) < 4.78 is 0.681. The van der Waals surface area contributed by atoms with Crippen LogP contribution in [0.15, 0.2) is 22.8 Å². The van der Waals surface area contributed by atoms with E-state index in [0.717, 1.165) is 6.20 Å². The van der Waals surface area contributed by atoms with E-state index in [1.165, 1.54) is 0 Å². The number of rotatable bonds is 1. The van der Waals surface area contributed by atoms with E-state index in [2.05, 4.69) is 15.9 Å². The molecule has 0 aromatic heterocycles.